The van der Waals surface area contributed by atoms with Crippen LogP contribution in [0.25, 0.3) is 21.5 Å². The van der Waals surface area contributed by atoms with Crippen LogP contribution in [0.15, 0.2) is 114 Å². The van der Waals surface area contributed by atoms with Gasteiger partial charge in [-0.15, -0.1) is 71.4 Å². The zero-order valence-corrected chi connectivity index (χ0v) is 27.3. The Morgan fingerprint density at radius 3 is 1.23 bits per heavy atom. The topological polar surface area (TPSA) is 0 Å². The van der Waals surface area contributed by atoms with Gasteiger partial charge in [-0.2, -0.15) is 60.0 Å². The molecule has 2 radical (unpaired) electrons. The molecular weight excluding hydrogens is 611 g/mol. The molecule has 0 saturated carbocycles. The maximum atomic E-state index is 3.72. The molecule has 0 atom stereocenters. The predicted molar refractivity (Wildman–Crippen MR) is 170 cm³/mol. The summed E-state index contributed by atoms with van der Waals surface area (Å²) in [7, 11) is 0. The van der Waals surface area contributed by atoms with Gasteiger partial charge in [0.2, 0.25) is 0 Å². The fourth-order valence-electron chi connectivity index (χ4n) is 4.70. The first-order chi connectivity index (χ1) is 18.0. The summed E-state index contributed by atoms with van der Waals surface area (Å²) in [6.45, 7) is 11.1. The Balaban J connectivity index is 0.000000203. The Hall–Kier alpha value is -2.35. The van der Waals surface area contributed by atoms with Crippen molar-refractivity contribution in [2.45, 2.75) is 26.7 Å². The van der Waals surface area contributed by atoms with Gasteiger partial charge in [0.1, 0.15) is 0 Å². The minimum atomic E-state index is 0. The third-order valence-electron chi connectivity index (χ3n) is 6.39. The molecule has 0 amide bonds. The van der Waals surface area contributed by atoms with Crippen molar-refractivity contribution in [2.24, 2.45) is 0 Å². The molecule has 2 aliphatic rings. The molecule has 5 aromatic carbocycles. The van der Waals surface area contributed by atoms with E-state index in [1.807, 2.05) is 30.3 Å². The number of rotatable bonds is 0. The van der Waals surface area contributed by atoms with Crippen molar-refractivity contribution in [2.75, 3.05) is 0 Å². The first-order valence-corrected chi connectivity index (χ1v) is 16.6. The number of hydrogen-bond donors (Lipinski definition) is 0. The quantitative estimate of drug-likeness (QED) is 0.117. The average molecular weight is 642 g/mol. The van der Waals surface area contributed by atoms with Crippen LogP contribution >= 0.6 is 24.8 Å². The standard InChI is InChI=1S/2C14H11.C7H7.2ClH.Si.Zr/c2*1-10-6-13-8-11-4-2-3-5-12(11)9-14(13)7-10;1-7-5-3-2-4-6-7;;;;/h2*2-5,8-9H,6H2,1H3;2-6H,1H2;2*1H;;/q3*-1;;;;. The average Bonchev–Trinajstić information content (AvgIpc) is 3.47. The third-order valence-corrected chi connectivity index (χ3v) is 6.39. The van der Waals surface area contributed by atoms with Crippen molar-refractivity contribution in [3.05, 3.63) is 161 Å². The Morgan fingerprint density at radius 1 is 0.564 bits per heavy atom. The van der Waals surface area contributed by atoms with Crippen LogP contribution in [0, 0.1) is 19.1 Å². The molecule has 0 bridgehead atoms. The molecule has 5 aromatic rings. The molecule has 39 heavy (non-hydrogen) atoms. The van der Waals surface area contributed by atoms with Crippen LogP contribution in [0.5, 0.6) is 0 Å². The summed E-state index contributed by atoms with van der Waals surface area (Å²) in [5.41, 5.74) is 9.15. The first kappa shape index (κ1) is 32.9. The van der Waals surface area contributed by atoms with Crippen molar-refractivity contribution < 1.29 is 23.3 Å². The van der Waals surface area contributed by atoms with Crippen LogP contribution in [0.2, 0.25) is 0 Å². The van der Waals surface area contributed by atoms with E-state index in [1.165, 1.54) is 78.3 Å². The SMILES string of the molecule is CC1=[C-]c2cc3ccccc3cc2C1.CC1=[C-]c2cc3ccccc3cc2C1.Cl.Cl.[CH2-]c1ccccc1.[Si]=[Zr]. The second-order valence-electron chi connectivity index (χ2n) is 9.36. The molecule has 0 N–H and O–H groups in total. The van der Waals surface area contributed by atoms with Crippen molar-refractivity contribution in [3.8, 4) is 0 Å². The summed E-state index contributed by atoms with van der Waals surface area (Å²) in [5, 5.41) is 5.30. The van der Waals surface area contributed by atoms with Crippen LogP contribution in [0.4, 0.5) is 0 Å². The van der Waals surface area contributed by atoms with Gasteiger partial charge in [0.15, 0.2) is 0 Å². The molecule has 0 aromatic heterocycles. The van der Waals surface area contributed by atoms with E-state index < -0.39 is 0 Å². The van der Waals surface area contributed by atoms with Gasteiger partial charge in [-0.3, -0.25) is 0 Å². The van der Waals surface area contributed by atoms with E-state index in [-0.39, 0.29) is 24.8 Å². The molecule has 0 saturated heterocycles. The summed E-state index contributed by atoms with van der Waals surface area (Å²) in [6.07, 6.45) is 8.95. The summed E-state index contributed by atoms with van der Waals surface area (Å²) in [4.78, 5) is 0. The van der Waals surface area contributed by atoms with Gasteiger partial charge in [0.05, 0.1) is 0 Å². The predicted octanol–water partition coefficient (Wildman–Crippen LogP) is 9.32. The zero-order valence-electron chi connectivity index (χ0n) is 22.3. The molecule has 196 valence electrons. The molecule has 0 nitrogen and oxygen atoms in total. The molecule has 0 aliphatic heterocycles. The van der Waals surface area contributed by atoms with E-state index in [0.717, 1.165) is 18.4 Å². The van der Waals surface area contributed by atoms with Gasteiger partial charge in [0.25, 0.3) is 0 Å². The van der Waals surface area contributed by atoms with E-state index in [9.17, 15) is 0 Å². The first-order valence-electron chi connectivity index (χ1n) is 12.4. The second kappa shape index (κ2) is 16.0. The van der Waals surface area contributed by atoms with Gasteiger partial charge in [0, 0.05) is 0 Å². The van der Waals surface area contributed by atoms with Crippen LogP contribution < -0.4 is 0 Å². The summed E-state index contributed by atoms with van der Waals surface area (Å²) >= 11 is 1.36. The van der Waals surface area contributed by atoms with Gasteiger partial charge in [-0.05, 0) is 10.8 Å². The molecular formula is C35H31Cl2SiZr-3. The van der Waals surface area contributed by atoms with Crippen LogP contribution in [-0.4, -0.2) is 6.88 Å². The molecule has 0 heterocycles. The zero-order chi connectivity index (χ0) is 26.2. The number of halogens is 2. The molecule has 4 heteroatoms. The van der Waals surface area contributed by atoms with Crippen LogP contribution in [0.1, 0.15) is 41.7 Å². The van der Waals surface area contributed by atoms with Crippen LogP contribution in [0.3, 0.4) is 0 Å². The van der Waals surface area contributed by atoms with Gasteiger partial charge in [-0.1, -0.05) is 92.1 Å². The Bertz CT molecular complexity index is 1490. The number of hydrogen-bond acceptors (Lipinski definition) is 0. The van der Waals surface area contributed by atoms with Crippen molar-refractivity contribution in [1.82, 2.24) is 0 Å². The van der Waals surface area contributed by atoms with E-state index in [0.29, 0.717) is 0 Å². The summed E-state index contributed by atoms with van der Waals surface area (Å²) in [5.74, 6) is 0. The third kappa shape index (κ3) is 8.82. The fraction of sp³-hybridized carbons (Fsp3) is 0.114. The molecule has 7 rings (SSSR count). The minimum absolute atomic E-state index is 0. The van der Waals surface area contributed by atoms with Gasteiger partial charge >= 0.3 is 30.2 Å². The number of fused-ring (bicyclic) bond motifs is 4. The fourth-order valence-corrected chi connectivity index (χ4v) is 4.70. The van der Waals surface area contributed by atoms with Gasteiger partial charge < -0.3 is 0 Å². The number of allylic oxidation sites excluding steroid dienone is 2. The van der Waals surface area contributed by atoms with Crippen LogP contribution in [-0.2, 0) is 36.2 Å². The Kier molecular flexibility index (Phi) is 13.5. The maximum absolute atomic E-state index is 3.72. The Morgan fingerprint density at radius 2 is 0.897 bits per heavy atom. The van der Waals surface area contributed by atoms with E-state index in [4.69, 9.17) is 0 Å². The monoisotopic (exact) mass is 639 g/mol. The Labute approximate surface area is 262 Å². The number of benzene rings is 5. The molecule has 2 aliphatic carbocycles. The van der Waals surface area contributed by atoms with E-state index in [2.05, 4.69) is 113 Å². The van der Waals surface area contributed by atoms with Crippen molar-refractivity contribution in [1.29, 1.82) is 0 Å². The van der Waals surface area contributed by atoms with Gasteiger partial charge in [-0.25, -0.2) is 0 Å². The van der Waals surface area contributed by atoms with E-state index in [1.54, 1.807) is 0 Å². The molecule has 0 unspecified atom stereocenters. The van der Waals surface area contributed by atoms with Crippen molar-refractivity contribution >= 4 is 53.2 Å². The van der Waals surface area contributed by atoms with Crippen molar-refractivity contribution in [3.63, 3.8) is 0 Å². The summed E-state index contributed by atoms with van der Waals surface area (Å²) in [6, 6.07) is 35.9. The summed E-state index contributed by atoms with van der Waals surface area (Å²) < 4.78 is 0. The molecule has 0 fully saturated rings. The normalized spacial score (nSPS) is 11.8. The molecule has 0 spiro atoms. The van der Waals surface area contributed by atoms with E-state index >= 15 is 0 Å². The second-order valence-corrected chi connectivity index (χ2v) is 9.36.